The minimum Gasteiger partial charge on any atom is -0.543 e. The van der Waals surface area contributed by atoms with Crippen molar-refractivity contribution in [2.75, 3.05) is 5.75 Å². The van der Waals surface area contributed by atoms with Crippen molar-refractivity contribution in [3.8, 4) is 0 Å². The monoisotopic (exact) mass is 352 g/mol. The Balaban J connectivity index is 1.69. The number of aromatic nitrogens is 1. The van der Waals surface area contributed by atoms with Crippen molar-refractivity contribution in [2.24, 2.45) is 5.92 Å². The number of hydrogen-bond acceptors (Lipinski definition) is 6. The lowest BCUT2D eigenvalue weighted by Crippen LogP contribution is -2.61. The fourth-order valence-electron chi connectivity index (χ4n) is 2.67. The van der Waals surface area contributed by atoms with Gasteiger partial charge in [0, 0.05) is 12.1 Å². The highest BCUT2D eigenvalue weighted by molar-refractivity contribution is 8.22. The van der Waals surface area contributed by atoms with Gasteiger partial charge < -0.3 is 15.0 Å². The maximum absolute atomic E-state index is 12.1. The van der Waals surface area contributed by atoms with E-state index in [9.17, 15) is 19.8 Å². The van der Waals surface area contributed by atoms with Gasteiger partial charge in [-0.05, 0) is 6.92 Å². The Kier molecular flexibility index (Phi) is 4.65. The number of fused-ring (bicyclic) bond motifs is 1. The van der Waals surface area contributed by atoms with Gasteiger partial charge in [-0.3, -0.25) is 9.69 Å². The number of pyridine rings is 1. The summed E-state index contributed by atoms with van der Waals surface area (Å²) in [6.07, 6.45) is 3.09. The molecule has 6 nitrogen and oxygen atoms in total. The molecule has 0 spiro atoms. The number of aliphatic hydroxyl groups excluding tert-OH is 1. The van der Waals surface area contributed by atoms with Crippen molar-refractivity contribution in [3.05, 3.63) is 40.5 Å². The second-order valence-corrected chi connectivity index (χ2v) is 7.86. The first-order valence-electron chi connectivity index (χ1n) is 7.21. The molecule has 0 saturated carbocycles. The Morgan fingerprint density at radius 3 is 2.78 bits per heavy atom. The van der Waals surface area contributed by atoms with E-state index in [-0.39, 0.29) is 17.0 Å². The van der Waals surface area contributed by atoms with Crippen molar-refractivity contribution < 1.29 is 24.4 Å². The number of carboxylic acid groups (broad SMARTS) is 1. The van der Waals surface area contributed by atoms with E-state index in [2.05, 4.69) is 0 Å². The number of hydrogen-bond donors (Lipinski definition) is 1. The van der Waals surface area contributed by atoms with Crippen LogP contribution in [0.15, 0.2) is 40.5 Å². The quantitative estimate of drug-likeness (QED) is 0.551. The van der Waals surface area contributed by atoms with E-state index in [1.165, 1.54) is 28.4 Å². The maximum Gasteiger partial charge on any atom is 0.236 e. The van der Waals surface area contributed by atoms with E-state index in [1.807, 2.05) is 35.2 Å². The van der Waals surface area contributed by atoms with Crippen LogP contribution in [0.25, 0.3) is 0 Å². The number of carbonyl (C=O) groups is 2. The predicted octanol–water partition coefficient (Wildman–Crippen LogP) is -0.462. The molecule has 0 aromatic carbocycles. The van der Waals surface area contributed by atoms with Gasteiger partial charge in [0.25, 0.3) is 0 Å². The number of thioether (sulfide) groups is 2. The van der Waals surface area contributed by atoms with E-state index >= 15 is 0 Å². The Bertz CT molecular complexity index is 663. The van der Waals surface area contributed by atoms with Crippen LogP contribution in [0, 0.1) is 5.92 Å². The van der Waals surface area contributed by atoms with E-state index < -0.39 is 18.0 Å². The lowest BCUT2D eigenvalue weighted by atomic mass is 9.92. The zero-order valence-electron chi connectivity index (χ0n) is 12.4. The summed E-state index contributed by atoms with van der Waals surface area (Å²) in [6, 6.07) is 5.79. The minimum absolute atomic E-state index is 0.0510. The summed E-state index contributed by atoms with van der Waals surface area (Å²) in [7, 11) is 0. The van der Waals surface area contributed by atoms with Crippen molar-refractivity contribution in [2.45, 2.75) is 24.9 Å². The fourth-order valence-corrected chi connectivity index (χ4v) is 5.61. The van der Waals surface area contributed by atoms with Gasteiger partial charge in [0.05, 0.1) is 33.7 Å². The second-order valence-electron chi connectivity index (χ2n) is 5.37. The molecule has 122 valence electrons. The Morgan fingerprint density at radius 2 is 2.17 bits per heavy atom. The molecule has 0 aliphatic carbocycles. The van der Waals surface area contributed by atoms with E-state index in [0.29, 0.717) is 9.99 Å². The first kappa shape index (κ1) is 16.4. The molecule has 1 fully saturated rings. The van der Waals surface area contributed by atoms with Crippen LogP contribution in [-0.4, -0.2) is 39.1 Å². The molecule has 3 heterocycles. The van der Waals surface area contributed by atoms with Crippen LogP contribution in [0.4, 0.5) is 0 Å². The summed E-state index contributed by atoms with van der Waals surface area (Å²) in [5.74, 6) is -1.55. The highest BCUT2D eigenvalue weighted by Gasteiger charge is 2.56. The third kappa shape index (κ3) is 2.98. The highest BCUT2D eigenvalue weighted by atomic mass is 32.2. The standard InChI is InChI=1S/C15H16N2O4S2/c1-9(18)10-12(19)17-11(14(20)21)15(23-13(10)17)22-8-7-16-5-3-2-4-6-16/h2-6,9-10,13,18H,7-8H2,1H3/t9-,10+,13-/m1/s1. The molecule has 0 radical (unpaired) electrons. The molecule has 1 amide bonds. The lowest BCUT2D eigenvalue weighted by molar-refractivity contribution is -0.692. The molecule has 1 N–H and O–H groups in total. The van der Waals surface area contributed by atoms with Gasteiger partial charge >= 0.3 is 0 Å². The molecule has 0 bridgehead atoms. The van der Waals surface area contributed by atoms with Crippen molar-refractivity contribution in [1.29, 1.82) is 0 Å². The smallest absolute Gasteiger partial charge is 0.236 e. The minimum atomic E-state index is -1.34. The zero-order valence-corrected chi connectivity index (χ0v) is 14.0. The van der Waals surface area contributed by atoms with Crippen LogP contribution in [0.2, 0.25) is 0 Å². The van der Waals surface area contributed by atoms with Crippen LogP contribution in [0.3, 0.4) is 0 Å². The van der Waals surface area contributed by atoms with Crippen LogP contribution >= 0.6 is 23.5 Å². The summed E-state index contributed by atoms with van der Waals surface area (Å²) in [5, 5.41) is 20.7. The first-order valence-corrected chi connectivity index (χ1v) is 9.07. The third-order valence-corrected chi connectivity index (χ3v) is 6.46. The molecule has 0 unspecified atom stereocenters. The molecule has 3 atom stereocenters. The summed E-state index contributed by atoms with van der Waals surface area (Å²) < 4.78 is 2.59. The van der Waals surface area contributed by atoms with Gasteiger partial charge in [0.2, 0.25) is 5.91 Å². The average Bonchev–Trinajstić information content (AvgIpc) is 2.82. The van der Waals surface area contributed by atoms with Crippen molar-refractivity contribution in [3.63, 3.8) is 0 Å². The van der Waals surface area contributed by atoms with E-state index in [4.69, 9.17) is 0 Å². The van der Waals surface area contributed by atoms with Gasteiger partial charge in [0.1, 0.15) is 5.37 Å². The molecule has 1 aromatic rings. The van der Waals surface area contributed by atoms with E-state index in [1.54, 1.807) is 6.92 Å². The van der Waals surface area contributed by atoms with Gasteiger partial charge in [-0.15, -0.1) is 11.8 Å². The van der Waals surface area contributed by atoms with Crippen molar-refractivity contribution in [1.82, 2.24) is 4.90 Å². The Morgan fingerprint density at radius 1 is 1.48 bits per heavy atom. The normalized spacial score (nSPS) is 24.4. The summed E-state index contributed by atoms with van der Waals surface area (Å²) in [5.41, 5.74) is -0.0510. The van der Waals surface area contributed by atoms with Gasteiger partial charge in [-0.25, -0.2) is 4.57 Å². The topological polar surface area (TPSA) is 84.5 Å². The molecule has 2 aliphatic heterocycles. The van der Waals surface area contributed by atoms with Crippen molar-refractivity contribution >= 4 is 35.4 Å². The number of aliphatic carboxylic acids is 1. The van der Waals surface area contributed by atoms with E-state index in [0.717, 1.165) is 6.54 Å². The average molecular weight is 352 g/mol. The molecular weight excluding hydrogens is 336 g/mol. The number of aliphatic hydroxyl groups is 1. The van der Waals surface area contributed by atoms with Crippen LogP contribution in [0.5, 0.6) is 0 Å². The zero-order chi connectivity index (χ0) is 16.6. The summed E-state index contributed by atoms with van der Waals surface area (Å²) in [4.78, 5) is 24.7. The number of nitrogens with zero attached hydrogens (tertiary/aromatic N) is 2. The number of carboxylic acids is 1. The molecule has 3 rings (SSSR count). The molecule has 8 heteroatoms. The Labute approximate surface area is 142 Å². The second kappa shape index (κ2) is 6.54. The number of rotatable bonds is 6. The molecule has 23 heavy (non-hydrogen) atoms. The summed E-state index contributed by atoms with van der Waals surface area (Å²) >= 11 is 2.73. The number of aryl methyl sites for hydroxylation is 1. The molecular formula is C15H16N2O4S2. The van der Waals surface area contributed by atoms with Gasteiger partial charge in [-0.1, -0.05) is 17.8 Å². The SMILES string of the molecule is C[C@@H](O)[C@H]1C(=O)N2C(C(=O)[O-])=C(SCC[n+]3ccccc3)S[C@H]12. The fraction of sp³-hybridized carbons (Fsp3) is 0.400. The summed E-state index contributed by atoms with van der Waals surface area (Å²) in [6.45, 7) is 2.28. The number of β-lactam (4-membered cyclic amide) rings is 1. The number of carbonyl (C=O) groups excluding carboxylic acids is 2. The van der Waals surface area contributed by atoms with Crippen LogP contribution in [-0.2, 0) is 16.1 Å². The third-order valence-electron chi connectivity index (χ3n) is 3.82. The van der Waals surface area contributed by atoms with Crippen LogP contribution < -0.4 is 9.67 Å². The maximum atomic E-state index is 12.1. The largest absolute Gasteiger partial charge is 0.543 e. The molecule has 1 aromatic heterocycles. The Hall–Kier alpha value is -1.51. The first-order chi connectivity index (χ1) is 11.0. The van der Waals surface area contributed by atoms with Gasteiger partial charge in [-0.2, -0.15) is 0 Å². The predicted molar refractivity (Wildman–Crippen MR) is 84.5 cm³/mol. The van der Waals surface area contributed by atoms with Crippen LogP contribution in [0.1, 0.15) is 6.92 Å². The highest BCUT2D eigenvalue weighted by Crippen LogP contribution is 2.53. The molecule has 1 saturated heterocycles. The molecule has 2 aliphatic rings. The lowest BCUT2D eigenvalue weighted by Gasteiger charge is -2.44. The van der Waals surface area contributed by atoms with Gasteiger partial charge in [0.15, 0.2) is 18.9 Å². The number of amides is 1.